The summed E-state index contributed by atoms with van der Waals surface area (Å²) in [6, 6.07) is 7.28. The summed E-state index contributed by atoms with van der Waals surface area (Å²) in [4.78, 5) is 27.8. The normalized spacial score (nSPS) is 18.7. The smallest absolute Gasteiger partial charge is 0.433 e. The van der Waals surface area contributed by atoms with E-state index in [0.717, 1.165) is 11.0 Å². The van der Waals surface area contributed by atoms with Crippen LogP contribution < -0.4 is 10.5 Å². The third-order valence-electron chi connectivity index (χ3n) is 4.34. The lowest BCUT2D eigenvalue weighted by atomic mass is 10.2. The van der Waals surface area contributed by atoms with Gasteiger partial charge in [-0.05, 0) is 29.8 Å². The first-order chi connectivity index (χ1) is 14.5. The lowest BCUT2D eigenvalue weighted by Gasteiger charge is -2.16. The number of aliphatic hydroxyl groups excluding tert-OH is 1. The van der Waals surface area contributed by atoms with Gasteiger partial charge >= 0.3 is 12.3 Å². The van der Waals surface area contributed by atoms with Gasteiger partial charge in [-0.1, -0.05) is 6.07 Å². The van der Waals surface area contributed by atoms with Crippen LogP contribution in [0.1, 0.15) is 21.6 Å². The van der Waals surface area contributed by atoms with Crippen molar-refractivity contribution in [2.75, 3.05) is 13.1 Å². The molecule has 3 N–H and O–H groups in total. The number of alkyl halides is 4. The van der Waals surface area contributed by atoms with E-state index in [0.29, 0.717) is 6.07 Å². The van der Waals surface area contributed by atoms with Crippen molar-refractivity contribution in [3.05, 3.63) is 53.2 Å². The number of aromatic nitrogens is 1. The van der Waals surface area contributed by atoms with Crippen LogP contribution in [-0.4, -0.2) is 52.4 Å². The molecule has 0 spiro atoms. The molecule has 2 amide bonds. The molecule has 12 heteroatoms. The van der Waals surface area contributed by atoms with Crippen LogP contribution in [0.2, 0.25) is 0 Å². The van der Waals surface area contributed by atoms with Crippen LogP contribution in [0, 0.1) is 0 Å². The molecule has 0 radical (unpaired) electrons. The van der Waals surface area contributed by atoms with Crippen LogP contribution >= 0.6 is 0 Å². The van der Waals surface area contributed by atoms with Crippen LogP contribution in [-0.2, 0) is 17.5 Å². The highest BCUT2D eigenvalue weighted by Crippen LogP contribution is 2.32. The van der Waals surface area contributed by atoms with E-state index < -0.39 is 48.6 Å². The average molecular weight is 443 g/mol. The van der Waals surface area contributed by atoms with E-state index in [1.807, 2.05) is 0 Å². The van der Waals surface area contributed by atoms with Crippen molar-refractivity contribution >= 4 is 12.0 Å². The van der Waals surface area contributed by atoms with Crippen molar-refractivity contribution in [3.8, 4) is 11.6 Å². The second kappa shape index (κ2) is 8.76. The largest absolute Gasteiger partial charge is 0.445 e. The lowest BCUT2D eigenvalue weighted by molar-refractivity contribution is -0.141. The van der Waals surface area contributed by atoms with Gasteiger partial charge in [0.1, 0.15) is 30.3 Å². The van der Waals surface area contributed by atoms with Crippen molar-refractivity contribution in [2.24, 2.45) is 5.73 Å². The Morgan fingerprint density at radius 1 is 1.23 bits per heavy atom. The number of amides is 2. The van der Waals surface area contributed by atoms with Gasteiger partial charge in [-0.15, -0.1) is 0 Å². The second-order valence-corrected chi connectivity index (χ2v) is 6.73. The summed E-state index contributed by atoms with van der Waals surface area (Å²) in [6.45, 7) is -0.982. The molecule has 166 valence electrons. The van der Waals surface area contributed by atoms with Crippen LogP contribution in [0.4, 0.5) is 22.4 Å². The first-order valence-electron chi connectivity index (χ1n) is 8.92. The Bertz CT molecular complexity index is 975. The lowest BCUT2D eigenvalue weighted by Crippen LogP contribution is -2.29. The Balaban J connectivity index is 1.83. The molecule has 2 heterocycles. The summed E-state index contributed by atoms with van der Waals surface area (Å²) in [7, 11) is 0. The van der Waals surface area contributed by atoms with E-state index in [2.05, 4.69) is 9.72 Å². The molecule has 0 saturated carbocycles. The number of pyridine rings is 1. The van der Waals surface area contributed by atoms with Crippen LogP contribution in [0.15, 0.2) is 36.4 Å². The Kier molecular flexibility index (Phi) is 6.29. The standard InChI is InChI=1S/C19H17F4N3O5/c20-13-7-26(8-14(13)27)17(28)11-2-1-3-12(6-11)31-16-5-10(9-30-18(24)29)4-15(25-16)19(21,22)23/h1-6,13-14,27H,7-9H2,(H2,24,29). The van der Waals surface area contributed by atoms with Crippen molar-refractivity contribution in [1.29, 1.82) is 0 Å². The second-order valence-electron chi connectivity index (χ2n) is 6.73. The zero-order valence-corrected chi connectivity index (χ0v) is 15.8. The van der Waals surface area contributed by atoms with Crippen molar-refractivity contribution in [1.82, 2.24) is 9.88 Å². The fourth-order valence-electron chi connectivity index (χ4n) is 2.90. The fourth-order valence-corrected chi connectivity index (χ4v) is 2.90. The molecular formula is C19H17F4N3O5. The maximum Gasteiger partial charge on any atom is 0.433 e. The molecule has 1 aliphatic rings. The van der Waals surface area contributed by atoms with E-state index in [4.69, 9.17) is 10.5 Å². The molecule has 31 heavy (non-hydrogen) atoms. The molecule has 0 bridgehead atoms. The number of likely N-dealkylation sites (tertiary alicyclic amines) is 1. The Labute approximate surface area is 173 Å². The number of carbonyl (C=O) groups excluding carboxylic acids is 2. The molecule has 3 rings (SSSR count). The van der Waals surface area contributed by atoms with Gasteiger partial charge in [0.25, 0.3) is 5.91 Å². The van der Waals surface area contributed by atoms with E-state index in [9.17, 15) is 32.3 Å². The third-order valence-corrected chi connectivity index (χ3v) is 4.34. The number of benzene rings is 1. The van der Waals surface area contributed by atoms with Gasteiger partial charge in [0.2, 0.25) is 5.88 Å². The van der Waals surface area contributed by atoms with Gasteiger partial charge in [-0.3, -0.25) is 4.79 Å². The van der Waals surface area contributed by atoms with Crippen molar-refractivity contribution in [2.45, 2.75) is 25.1 Å². The minimum Gasteiger partial charge on any atom is -0.445 e. The molecular weight excluding hydrogens is 426 g/mol. The maximum atomic E-state index is 13.5. The van der Waals surface area contributed by atoms with Crippen LogP contribution in [0.5, 0.6) is 11.6 Å². The first kappa shape index (κ1) is 22.3. The minimum absolute atomic E-state index is 0.00371. The zero-order valence-electron chi connectivity index (χ0n) is 15.8. The molecule has 1 aromatic carbocycles. The number of nitrogens with zero attached hydrogens (tertiary/aromatic N) is 2. The maximum absolute atomic E-state index is 13.5. The topological polar surface area (TPSA) is 115 Å². The van der Waals surface area contributed by atoms with Crippen LogP contribution in [0.25, 0.3) is 0 Å². The summed E-state index contributed by atoms with van der Waals surface area (Å²) in [6.07, 6.45) is -8.79. The molecule has 2 unspecified atom stereocenters. The number of carbonyl (C=O) groups is 2. The minimum atomic E-state index is -4.79. The van der Waals surface area contributed by atoms with Gasteiger partial charge < -0.3 is 25.2 Å². The van der Waals surface area contributed by atoms with Gasteiger partial charge in [0, 0.05) is 18.2 Å². The number of primary amides is 1. The highest BCUT2D eigenvalue weighted by Gasteiger charge is 2.35. The molecule has 8 nitrogen and oxygen atoms in total. The molecule has 2 aromatic rings. The van der Waals surface area contributed by atoms with Gasteiger partial charge in [-0.25, -0.2) is 14.2 Å². The fraction of sp³-hybridized carbons (Fsp3) is 0.316. The number of β-amino-alcohol motifs (C(OH)–C–C–N with tert-alkyl or cyclic N) is 1. The summed E-state index contributed by atoms with van der Waals surface area (Å²) in [5.41, 5.74) is 3.58. The van der Waals surface area contributed by atoms with E-state index in [-0.39, 0.29) is 30.0 Å². The Morgan fingerprint density at radius 3 is 2.58 bits per heavy atom. The average Bonchev–Trinajstić information content (AvgIpc) is 3.03. The van der Waals surface area contributed by atoms with E-state index >= 15 is 0 Å². The van der Waals surface area contributed by atoms with Gasteiger partial charge in [0.05, 0.1) is 6.54 Å². The number of hydrogen-bond acceptors (Lipinski definition) is 6. The van der Waals surface area contributed by atoms with E-state index in [1.54, 1.807) is 0 Å². The van der Waals surface area contributed by atoms with Crippen molar-refractivity contribution < 1.29 is 41.7 Å². The zero-order chi connectivity index (χ0) is 22.8. The number of ether oxygens (including phenoxy) is 2. The predicted molar refractivity (Wildman–Crippen MR) is 96.9 cm³/mol. The quantitative estimate of drug-likeness (QED) is 0.687. The predicted octanol–water partition coefficient (Wildman–Crippen LogP) is 2.64. The number of hydrogen-bond donors (Lipinski definition) is 2. The first-order valence-corrected chi connectivity index (χ1v) is 8.92. The number of nitrogens with two attached hydrogens (primary N) is 1. The summed E-state index contributed by atoms with van der Waals surface area (Å²) >= 11 is 0. The van der Waals surface area contributed by atoms with Crippen LogP contribution in [0.3, 0.4) is 0 Å². The Hall–Kier alpha value is -3.41. The summed E-state index contributed by atoms with van der Waals surface area (Å²) in [5, 5.41) is 9.48. The molecule has 1 aliphatic heterocycles. The highest BCUT2D eigenvalue weighted by atomic mass is 19.4. The number of rotatable bonds is 5. The molecule has 1 fully saturated rings. The van der Waals surface area contributed by atoms with Gasteiger partial charge in [-0.2, -0.15) is 13.2 Å². The number of aliphatic hydroxyl groups is 1. The van der Waals surface area contributed by atoms with Crippen molar-refractivity contribution in [3.63, 3.8) is 0 Å². The highest BCUT2D eigenvalue weighted by molar-refractivity contribution is 5.94. The molecule has 2 atom stereocenters. The summed E-state index contributed by atoms with van der Waals surface area (Å²) in [5.74, 6) is -1.03. The molecule has 0 aliphatic carbocycles. The van der Waals surface area contributed by atoms with Gasteiger partial charge in [0.15, 0.2) is 0 Å². The Morgan fingerprint density at radius 2 is 1.97 bits per heavy atom. The van der Waals surface area contributed by atoms with E-state index in [1.165, 1.54) is 24.3 Å². The summed E-state index contributed by atoms with van der Waals surface area (Å²) < 4.78 is 62.8. The SMILES string of the molecule is NC(=O)OCc1cc(Oc2cccc(C(=O)N3CC(O)C(F)C3)c2)nc(C(F)(F)F)c1. The third kappa shape index (κ3) is 5.60. The monoisotopic (exact) mass is 443 g/mol. The molecule has 1 aromatic heterocycles. The number of halogens is 4. The molecule has 1 saturated heterocycles.